The van der Waals surface area contributed by atoms with Gasteiger partial charge < -0.3 is 14.7 Å². The Bertz CT molecular complexity index is 715. The van der Waals surface area contributed by atoms with Crippen LogP contribution in [-0.2, 0) is 20.0 Å². The van der Waals surface area contributed by atoms with E-state index in [2.05, 4.69) is 45.5 Å². The summed E-state index contributed by atoms with van der Waals surface area (Å²) in [5.74, 6) is 2.16. The van der Waals surface area contributed by atoms with Crippen LogP contribution in [0.2, 0.25) is 0 Å². The molecular formula is C18H31IN6O. The SMILES string of the molecule is CN=C(NCCc1c(C)noc1C)N(C)Cc1cn(C)nc1C(C)C.I. The summed E-state index contributed by atoms with van der Waals surface area (Å²) in [6.45, 7) is 9.82. The van der Waals surface area contributed by atoms with Gasteiger partial charge in [0.15, 0.2) is 5.96 Å². The van der Waals surface area contributed by atoms with Gasteiger partial charge in [0, 0.05) is 51.6 Å². The first kappa shape index (κ1) is 22.5. The number of guanidine groups is 1. The Hall–Kier alpha value is -1.58. The van der Waals surface area contributed by atoms with Gasteiger partial charge in [-0.15, -0.1) is 24.0 Å². The van der Waals surface area contributed by atoms with Crippen LogP contribution in [-0.4, -0.2) is 46.4 Å². The highest BCUT2D eigenvalue weighted by Gasteiger charge is 2.15. The Labute approximate surface area is 173 Å². The van der Waals surface area contributed by atoms with Crippen molar-refractivity contribution in [2.75, 3.05) is 20.6 Å². The summed E-state index contributed by atoms with van der Waals surface area (Å²) in [6.07, 6.45) is 2.95. The van der Waals surface area contributed by atoms with E-state index in [1.54, 1.807) is 7.05 Å². The summed E-state index contributed by atoms with van der Waals surface area (Å²) >= 11 is 0. The van der Waals surface area contributed by atoms with Gasteiger partial charge in [0.2, 0.25) is 0 Å². The van der Waals surface area contributed by atoms with Crippen molar-refractivity contribution in [1.29, 1.82) is 0 Å². The van der Waals surface area contributed by atoms with Crippen molar-refractivity contribution in [3.8, 4) is 0 Å². The Balaban J connectivity index is 0.00000338. The highest BCUT2D eigenvalue weighted by Crippen LogP contribution is 2.18. The second kappa shape index (κ2) is 9.94. The van der Waals surface area contributed by atoms with Crippen molar-refractivity contribution in [3.63, 3.8) is 0 Å². The van der Waals surface area contributed by atoms with Crippen molar-refractivity contribution in [2.24, 2.45) is 12.0 Å². The normalized spacial score (nSPS) is 11.6. The number of aliphatic imine (C=N–C) groups is 1. The van der Waals surface area contributed by atoms with E-state index >= 15 is 0 Å². The molecule has 2 rings (SSSR count). The van der Waals surface area contributed by atoms with E-state index in [9.17, 15) is 0 Å². The van der Waals surface area contributed by atoms with E-state index in [0.717, 1.165) is 42.6 Å². The van der Waals surface area contributed by atoms with Gasteiger partial charge in [-0.2, -0.15) is 5.10 Å². The van der Waals surface area contributed by atoms with E-state index in [4.69, 9.17) is 4.52 Å². The highest BCUT2D eigenvalue weighted by molar-refractivity contribution is 14.0. The standard InChI is InChI=1S/C18H30N6O.HI/c1-12(2)17-15(11-24(7)21-17)10-23(6)18(19-5)20-9-8-16-13(3)22-25-14(16)4;/h11-12H,8-10H2,1-7H3,(H,19,20);1H. The third kappa shape index (κ3) is 5.46. The molecule has 0 aliphatic carbocycles. The molecule has 0 aliphatic heterocycles. The molecule has 0 bridgehead atoms. The lowest BCUT2D eigenvalue weighted by atomic mass is 10.1. The van der Waals surface area contributed by atoms with Crippen LogP contribution in [0, 0.1) is 13.8 Å². The molecule has 1 N–H and O–H groups in total. The summed E-state index contributed by atoms with van der Waals surface area (Å²) in [4.78, 5) is 6.52. The molecule has 0 aromatic carbocycles. The van der Waals surface area contributed by atoms with Crippen LogP contribution in [0.4, 0.5) is 0 Å². The van der Waals surface area contributed by atoms with Crippen molar-refractivity contribution >= 4 is 29.9 Å². The maximum absolute atomic E-state index is 5.22. The van der Waals surface area contributed by atoms with Crippen molar-refractivity contribution < 1.29 is 4.52 Å². The molecule has 0 radical (unpaired) electrons. The van der Waals surface area contributed by atoms with E-state index < -0.39 is 0 Å². The Kier molecular flexibility index (Phi) is 8.58. The molecular weight excluding hydrogens is 443 g/mol. The number of aromatic nitrogens is 3. The zero-order valence-corrected chi connectivity index (χ0v) is 19.2. The van der Waals surface area contributed by atoms with Crippen LogP contribution in [0.25, 0.3) is 0 Å². The predicted molar refractivity (Wildman–Crippen MR) is 115 cm³/mol. The van der Waals surface area contributed by atoms with E-state index in [1.807, 2.05) is 32.6 Å². The number of halogens is 1. The molecule has 2 aromatic rings. The summed E-state index contributed by atoms with van der Waals surface area (Å²) in [7, 11) is 5.82. The van der Waals surface area contributed by atoms with Gasteiger partial charge in [0.25, 0.3) is 0 Å². The van der Waals surface area contributed by atoms with E-state index in [-0.39, 0.29) is 24.0 Å². The Morgan fingerprint density at radius 2 is 2.08 bits per heavy atom. The maximum atomic E-state index is 5.22. The molecule has 8 heteroatoms. The number of aryl methyl sites for hydroxylation is 3. The largest absolute Gasteiger partial charge is 0.361 e. The quantitative estimate of drug-likeness (QED) is 0.396. The Morgan fingerprint density at radius 3 is 2.62 bits per heavy atom. The van der Waals surface area contributed by atoms with E-state index in [0.29, 0.717) is 5.92 Å². The smallest absolute Gasteiger partial charge is 0.193 e. The molecule has 0 saturated heterocycles. The molecule has 0 amide bonds. The number of nitrogens with one attached hydrogen (secondary N) is 1. The summed E-state index contributed by atoms with van der Waals surface area (Å²) in [6, 6.07) is 0. The van der Waals surface area contributed by atoms with Crippen molar-refractivity contribution in [3.05, 3.63) is 34.5 Å². The Morgan fingerprint density at radius 1 is 1.38 bits per heavy atom. The molecule has 146 valence electrons. The number of hydrogen-bond acceptors (Lipinski definition) is 4. The van der Waals surface area contributed by atoms with Gasteiger partial charge in [-0.25, -0.2) is 0 Å². The first-order chi connectivity index (χ1) is 11.8. The van der Waals surface area contributed by atoms with Crippen LogP contribution in [0.15, 0.2) is 15.7 Å². The highest BCUT2D eigenvalue weighted by atomic mass is 127. The van der Waals surface area contributed by atoms with Crippen molar-refractivity contribution in [1.82, 2.24) is 25.2 Å². The molecule has 2 aromatic heterocycles. The lowest BCUT2D eigenvalue weighted by molar-refractivity contribution is 0.392. The fraction of sp³-hybridized carbons (Fsp3) is 0.611. The molecule has 2 heterocycles. The minimum Gasteiger partial charge on any atom is -0.361 e. The number of rotatable bonds is 6. The summed E-state index contributed by atoms with van der Waals surface area (Å²) in [5, 5.41) is 12.0. The minimum absolute atomic E-state index is 0. The lowest BCUT2D eigenvalue weighted by Crippen LogP contribution is -2.39. The van der Waals surface area contributed by atoms with Gasteiger partial charge in [-0.1, -0.05) is 19.0 Å². The van der Waals surface area contributed by atoms with Gasteiger partial charge in [-0.05, 0) is 26.2 Å². The van der Waals surface area contributed by atoms with Crippen molar-refractivity contribution in [2.45, 2.75) is 46.6 Å². The summed E-state index contributed by atoms with van der Waals surface area (Å²) < 4.78 is 7.10. The minimum atomic E-state index is 0. The lowest BCUT2D eigenvalue weighted by Gasteiger charge is -2.22. The molecule has 0 fully saturated rings. The molecule has 0 atom stereocenters. The van der Waals surface area contributed by atoms with Crippen LogP contribution >= 0.6 is 24.0 Å². The monoisotopic (exact) mass is 474 g/mol. The van der Waals surface area contributed by atoms with Crippen LogP contribution in [0.3, 0.4) is 0 Å². The molecule has 0 spiro atoms. The number of nitrogens with zero attached hydrogens (tertiary/aromatic N) is 5. The topological polar surface area (TPSA) is 71.5 Å². The van der Waals surface area contributed by atoms with Gasteiger partial charge in [-0.3, -0.25) is 9.67 Å². The zero-order chi connectivity index (χ0) is 18.6. The second-order valence-corrected chi connectivity index (χ2v) is 6.75. The third-order valence-corrected chi connectivity index (χ3v) is 4.30. The first-order valence-electron chi connectivity index (χ1n) is 8.69. The fourth-order valence-corrected chi connectivity index (χ4v) is 3.04. The third-order valence-electron chi connectivity index (χ3n) is 4.30. The fourth-order valence-electron chi connectivity index (χ4n) is 3.04. The van der Waals surface area contributed by atoms with Crippen LogP contribution in [0.1, 0.15) is 48.0 Å². The molecule has 0 unspecified atom stereocenters. The maximum Gasteiger partial charge on any atom is 0.193 e. The average molecular weight is 474 g/mol. The molecule has 26 heavy (non-hydrogen) atoms. The van der Waals surface area contributed by atoms with Gasteiger partial charge >= 0.3 is 0 Å². The van der Waals surface area contributed by atoms with Crippen LogP contribution < -0.4 is 5.32 Å². The summed E-state index contributed by atoms with van der Waals surface area (Å²) in [5.41, 5.74) is 4.49. The first-order valence-corrected chi connectivity index (χ1v) is 8.69. The molecule has 0 aliphatic rings. The van der Waals surface area contributed by atoms with E-state index in [1.165, 1.54) is 11.1 Å². The molecule has 0 saturated carbocycles. The predicted octanol–water partition coefficient (Wildman–Crippen LogP) is 3.02. The zero-order valence-electron chi connectivity index (χ0n) is 16.8. The molecule has 7 nitrogen and oxygen atoms in total. The second-order valence-electron chi connectivity index (χ2n) is 6.75. The number of hydrogen-bond donors (Lipinski definition) is 1. The van der Waals surface area contributed by atoms with Gasteiger partial charge in [0.05, 0.1) is 11.4 Å². The van der Waals surface area contributed by atoms with Gasteiger partial charge in [0.1, 0.15) is 5.76 Å². The van der Waals surface area contributed by atoms with Crippen LogP contribution in [0.5, 0.6) is 0 Å². The average Bonchev–Trinajstić information content (AvgIpc) is 3.07.